The zero-order chi connectivity index (χ0) is 19.6. The minimum Gasteiger partial charge on any atom is -0.490 e. The summed E-state index contributed by atoms with van der Waals surface area (Å²) in [5, 5.41) is 6.32. The fraction of sp³-hybridized carbons (Fsp3) is 0.278. The van der Waals surface area contributed by atoms with Gasteiger partial charge in [0.05, 0.1) is 13.2 Å². The minimum atomic E-state index is -0.751. The van der Waals surface area contributed by atoms with Crippen LogP contribution in [0.1, 0.15) is 23.5 Å². The van der Waals surface area contributed by atoms with Crippen molar-refractivity contribution >= 4 is 34.9 Å². The van der Waals surface area contributed by atoms with E-state index in [9.17, 15) is 14.4 Å². The van der Waals surface area contributed by atoms with E-state index in [1.54, 1.807) is 35.7 Å². The first-order valence-corrected chi connectivity index (χ1v) is 9.12. The Morgan fingerprint density at radius 3 is 2.44 bits per heavy atom. The average molecular weight is 392 g/mol. The summed E-state index contributed by atoms with van der Waals surface area (Å²) in [5.41, 5.74) is 0.419. The average Bonchev–Trinajstić information content (AvgIpc) is 3.17. The molecule has 2 aromatic rings. The Balaban J connectivity index is 1.86. The van der Waals surface area contributed by atoms with Gasteiger partial charge < -0.3 is 19.5 Å². The van der Waals surface area contributed by atoms with Gasteiger partial charge in [0.2, 0.25) is 0 Å². The number of nitrogens with one attached hydrogen (secondary N) is 2. The predicted molar refractivity (Wildman–Crippen MR) is 101 cm³/mol. The maximum Gasteiger partial charge on any atom is 0.348 e. The molecular weight excluding hydrogens is 372 g/mol. The number of rotatable bonds is 8. The van der Waals surface area contributed by atoms with Crippen molar-refractivity contribution in [2.24, 2.45) is 0 Å². The van der Waals surface area contributed by atoms with Crippen LogP contribution in [0.4, 0.5) is 10.5 Å². The highest BCUT2D eigenvalue weighted by molar-refractivity contribution is 7.11. The third-order valence-electron chi connectivity index (χ3n) is 3.11. The SMILES string of the molecule is CCOc1ccc(NC(=O)NC(=O)COC(=O)c2cccs2)cc1OCC. The maximum absolute atomic E-state index is 11.9. The van der Waals surface area contributed by atoms with Crippen LogP contribution >= 0.6 is 11.3 Å². The second-order valence-corrected chi connectivity index (χ2v) is 6.03. The highest BCUT2D eigenvalue weighted by Crippen LogP contribution is 2.30. The summed E-state index contributed by atoms with van der Waals surface area (Å²) >= 11 is 1.20. The molecule has 0 bridgehead atoms. The molecule has 1 aromatic heterocycles. The molecule has 27 heavy (non-hydrogen) atoms. The van der Waals surface area contributed by atoms with E-state index in [0.717, 1.165) is 0 Å². The van der Waals surface area contributed by atoms with Crippen LogP contribution in [0.3, 0.4) is 0 Å². The first-order chi connectivity index (χ1) is 13.0. The quantitative estimate of drug-likeness (QED) is 0.670. The molecule has 0 aliphatic carbocycles. The molecule has 1 heterocycles. The number of thiophene rings is 1. The van der Waals surface area contributed by atoms with Crippen LogP contribution < -0.4 is 20.1 Å². The monoisotopic (exact) mass is 392 g/mol. The Labute approximate surface area is 160 Å². The molecule has 3 amide bonds. The van der Waals surface area contributed by atoms with Crippen LogP contribution in [-0.4, -0.2) is 37.7 Å². The van der Waals surface area contributed by atoms with E-state index in [1.165, 1.54) is 11.3 Å². The van der Waals surface area contributed by atoms with E-state index in [2.05, 4.69) is 10.6 Å². The first kappa shape index (κ1) is 20.2. The van der Waals surface area contributed by atoms with Crippen molar-refractivity contribution in [1.29, 1.82) is 0 Å². The molecular formula is C18H20N2O6S. The van der Waals surface area contributed by atoms with Gasteiger partial charge in [-0.05, 0) is 37.4 Å². The van der Waals surface area contributed by atoms with Crippen molar-refractivity contribution in [2.75, 3.05) is 25.1 Å². The lowest BCUT2D eigenvalue weighted by molar-refractivity contribution is -0.123. The molecule has 0 atom stereocenters. The van der Waals surface area contributed by atoms with E-state index in [1.807, 2.05) is 13.8 Å². The molecule has 0 saturated heterocycles. The van der Waals surface area contributed by atoms with Crippen LogP contribution in [0.15, 0.2) is 35.7 Å². The Morgan fingerprint density at radius 2 is 1.78 bits per heavy atom. The smallest absolute Gasteiger partial charge is 0.348 e. The Hall–Kier alpha value is -3.07. The number of benzene rings is 1. The molecule has 2 N–H and O–H groups in total. The molecule has 8 nitrogen and oxygen atoms in total. The van der Waals surface area contributed by atoms with Gasteiger partial charge >= 0.3 is 12.0 Å². The van der Waals surface area contributed by atoms with E-state index in [0.29, 0.717) is 35.3 Å². The lowest BCUT2D eigenvalue weighted by Crippen LogP contribution is -2.37. The minimum absolute atomic E-state index is 0.380. The van der Waals surface area contributed by atoms with Gasteiger partial charge in [0.25, 0.3) is 5.91 Å². The van der Waals surface area contributed by atoms with E-state index in [4.69, 9.17) is 14.2 Å². The molecule has 0 unspecified atom stereocenters. The number of ether oxygens (including phenoxy) is 3. The number of carbonyl (C=O) groups excluding carboxylic acids is 3. The van der Waals surface area contributed by atoms with Crippen LogP contribution in [0, 0.1) is 0 Å². The fourth-order valence-electron chi connectivity index (χ4n) is 2.05. The molecule has 0 fully saturated rings. The lowest BCUT2D eigenvalue weighted by Gasteiger charge is -2.13. The van der Waals surface area contributed by atoms with Crippen LogP contribution in [0.25, 0.3) is 0 Å². The zero-order valence-corrected chi connectivity index (χ0v) is 15.8. The fourth-order valence-corrected chi connectivity index (χ4v) is 2.67. The van der Waals surface area contributed by atoms with Crippen molar-refractivity contribution in [3.63, 3.8) is 0 Å². The van der Waals surface area contributed by atoms with E-state index in [-0.39, 0.29) is 0 Å². The highest BCUT2D eigenvalue weighted by Gasteiger charge is 2.14. The van der Waals surface area contributed by atoms with Gasteiger partial charge in [-0.3, -0.25) is 10.1 Å². The molecule has 0 spiro atoms. The molecule has 144 valence electrons. The molecule has 2 rings (SSSR count). The number of amides is 3. The number of carbonyl (C=O) groups is 3. The summed E-state index contributed by atoms with van der Waals surface area (Å²) in [7, 11) is 0. The van der Waals surface area contributed by atoms with Gasteiger partial charge in [0.1, 0.15) is 4.88 Å². The van der Waals surface area contributed by atoms with E-state index >= 15 is 0 Å². The third kappa shape index (κ3) is 6.30. The second-order valence-electron chi connectivity index (χ2n) is 5.08. The molecule has 0 aliphatic rings. The molecule has 9 heteroatoms. The van der Waals surface area contributed by atoms with Crippen LogP contribution in [-0.2, 0) is 9.53 Å². The van der Waals surface area contributed by atoms with Gasteiger partial charge in [-0.15, -0.1) is 11.3 Å². The number of esters is 1. The number of urea groups is 1. The van der Waals surface area contributed by atoms with Crippen LogP contribution in [0.2, 0.25) is 0 Å². The van der Waals surface area contributed by atoms with Gasteiger partial charge in [-0.2, -0.15) is 0 Å². The lowest BCUT2D eigenvalue weighted by atomic mass is 10.2. The summed E-state index contributed by atoms with van der Waals surface area (Å²) in [6.07, 6.45) is 0. The van der Waals surface area contributed by atoms with Crippen molar-refractivity contribution in [3.05, 3.63) is 40.6 Å². The number of hydrogen-bond donors (Lipinski definition) is 2. The standard InChI is InChI=1S/C18H20N2O6S/c1-3-24-13-8-7-12(10-14(13)25-4-2)19-18(23)20-16(21)11-26-17(22)15-6-5-9-27-15/h5-10H,3-4,11H2,1-2H3,(H2,19,20,21,23). The molecule has 0 aliphatic heterocycles. The molecule has 0 saturated carbocycles. The van der Waals surface area contributed by atoms with Crippen molar-refractivity contribution in [2.45, 2.75) is 13.8 Å². The van der Waals surface area contributed by atoms with Gasteiger partial charge in [0.15, 0.2) is 18.1 Å². The number of hydrogen-bond acceptors (Lipinski definition) is 7. The normalized spacial score (nSPS) is 10.0. The van der Waals surface area contributed by atoms with Gasteiger partial charge in [-0.1, -0.05) is 6.07 Å². The topological polar surface area (TPSA) is 103 Å². The Kier molecular flexibility index (Phi) is 7.63. The van der Waals surface area contributed by atoms with Crippen molar-refractivity contribution in [1.82, 2.24) is 5.32 Å². The maximum atomic E-state index is 11.9. The Morgan fingerprint density at radius 1 is 1.04 bits per heavy atom. The zero-order valence-electron chi connectivity index (χ0n) is 14.9. The largest absolute Gasteiger partial charge is 0.490 e. The first-order valence-electron chi connectivity index (χ1n) is 8.24. The molecule has 1 aromatic carbocycles. The van der Waals surface area contributed by atoms with Gasteiger partial charge in [-0.25, -0.2) is 9.59 Å². The number of imide groups is 1. The van der Waals surface area contributed by atoms with Crippen LogP contribution in [0.5, 0.6) is 11.5 Å². The Bertz CT molecular complexity index is 791. The summed E-state index contributed by atoms with van der Waals surface area (Å²) in [6.45, 7) is 4.04. The van der Waals surface area contributed by atoms with Crippen molar-refractivity contribution in [3.8, 4) is 11.5 Å². The summed E-state index contributed by atoms with van der Waals surface area (Å²) in [6, 6.07) is 7.40. The molecule has 0 radical (unpaired) electrons. The third-order valence-corrected chi connectivity index (χ3v) is 3.96. The summed E-state index contributed by atoms with van der Waals surface area (Å²) in [5.74, 6) is -0.322. The number of anilines is 1. The van der Waals surface area contributed by atoms with E-state index < -0.39 is 24.5 Å². The summed E-state index contributed by atoms with van der Waals surface area (Å²) < 4.78 is 15.8. The predicted octanol–water partition coefficient (Wildman–Crippen LogP) is 3.05. The summed E-state index contributed by atoms with van der Waals surface area (Å²) in [4.78, 5) is 35.7. The highest BCUT2D eigenvalue weighted by atomic mass is 32.1. The second kappa shape index (κ2) is 10.2. The van der Waals surface area contributed by atoms with Crippen molar-refractivity contribution < 1.29 is 28.6 Å². The van der Waals surface area contributed by atoms with Gasteiger partial charge in [0, 0.05) is 11.8 Å².